The van der Waals surface area contributed by atoms with Crippen molar-refractivity contribution in [3.63, 3.8) is 0 Å². The van der Waals surface area contributed by atoms with E-state index in [1.54, 1.807) is 55.4 Å². The zero-order valence-corrected chi connectivity index (χ0v) is 21.8. The molecule has 0 saturated carbocycles. The molecule has 4 rings (SSSR count). The van der Waals surface area contributed by atoms with Gasteiger partial charge in [0.2, 0.25) is 0 Å². The van der Waals surface area contributed by atoms with Crippen molar-refractivity contribution in [3.8, 4) is 0 Å². The second-order valence-electron chi connectivity index (χ2n) is 11.5. The molecule has 200 valence electrons. The summed E-state index contributed by atoms with van der Waals surface area (Å²) in [6, 6.07) is 0. The minimum absolute atomic E-state index is 0.0155. The van der Waals surface area contributed by atoms with Crippen molar-refractivity contribution in [1.29, 1.82) is 0 Å². The number of esters is 1. The van der Waals surface area contributed by atoms with Crippen LogP contribution >= 0.6 is 0 Å². The molecule has 0 aromatic heterocycles. The summed E-state index contributed by atoms with van der Waals surface area (Å²) in [5.41, 5.74) is -3.69. The number of rotatable bonds is 6. The number of carbonyl (C=O) groups is 3. The fourth-order valence-electron chi connectivity index (χ4n) is 4.11. The molecule has 2 bridgehead atoms. The van der Waals surface area contributed by atoms with E-state index in [-0.39, 0.29) is 32.8 Å². The molecule has 0 aliphatic carbocycles. The molecule has 35 heavy (non-hydrogen) atoms. The number of fused-ring (bicyclic) bond motifs is 2. The summed E-state index contributed by atoms with van der Waals surface area (Å²) < 4.78 is 40.0. The number of nitrogens with one attached hydrogen (secondary N) is 2. The third kappa shape index (κ3) is 6.75. The highest BCUT2D eigenvalue weighted by atomic mass is 16.8. The minimum Gasteiger partial charge on any atom is -0.460 e. The van der Waals surface area contributed by atoms with Crippen LogP contribution in [0.5, 0.6) is 0 Å². The van der Waals surface area contributed by atoms with Gasteiger partial charge in [-0.15, -0.1) is 0 Å². The molecular formula is C23H38N2O10. The second kappa shape index (κ2) is 9.38. The van der Waals surface area contributed by atoms with Gasteiger partial charge in [0.05, 0.1) is 26.2 Å². The molecule has 2 amide bonds. The summed E-state index contributed by atoms with van der Waals surface area (Å²) in [6.07, 6.45) is -2.88. The van der Waals surface area contributed by atoms with Crippen LogP contribution in [0.4, 0.5) is 9.59 Å². The van der Waals surface area contributed by atoms with E-state index in [1.807, 2.05) is 0 Å². The van der Waals surface area contributed by atoms with E-state index in [0.717, 1.165) is 0 Å². The van der Waals surface area contributed by atoms with E-state index in [0.29, 0.717) is 0 Å². The van der Waals surface area contributed by atoms with Crippen LogP contribution in [0, 0.1) is 0 Å². The van der Waals surface area contributed by atoms with Crippen molar-refractivity contribution >= 4 is 18.2 Å². The largest absolute Gasteiger partial charge is 0.460 e. The standard InChI is InChI=1S/C23H38N2O10/c1-19(2,3)32-14(26)9-10-29-18(28)25-23-13-30-22(12-31-23,11-24-17(27)35-20(4,5)6)15-16(23)34-21(7,8)33-15/h15-16H,9-13H2,1-8H3,(H,24,27)(H,25,28). The van der Waals surface area contributed by atoms with Gasteiger partial charge in [0.25, 0.3) is 0 Å². The average Bonchev–Trinajstić information content (AvgIpc) is 3.02. The summed E-state index contributed by atoms with van der Waals surface area (Å²) in [6.45, 7) is 13.9. The highest BCUT2D eigenvalue weighted by Gasteiger charge is 2.70. The molecule has 4 heterocycles. The first-order valence-corrected chi connectivity index (χ1v) is 11.7. The Balaban J connectivity index is 1.62. The van der Waals surface area contributed by atoms with Gasteiger partial charge in [-0.3, -0.25) is 10.1 Å². The Bertz CT molecular complexity index is 821. The number of hydrogen-bond acceptors (Lipinski definition) is 10. The third-order valence-corrected chi connectivity index (χ3v) is 5.43. The number of ether oxygens (including phenoxy) is 7. The maximum absolute atomic E-state index is 12.5. The van der Waals surface area contributed by atoms with E-state index in [2.05, 4.69) is 10.6 Å². The van der Waals surface area contributed by atoms with Gasteiger partial charge in [-0.1, -0.05) is 0 Å². The van der Waals surface area contributed by atoms with E-state index < -0.39 is 58.7 Å². The average molecular weight is 503 g/mol. The molecule has 4 unspecified atom stereocenters. The van der Waals surface area contributed by atoms with Crippen molar-refractivity contribution in [2.24, 2.45) is 0 Å². The van der Waals surface area contributed by atoms with Gasteiger partial charge in [-0.25, -0.2) is 9.59 Å². The maximum Gasteiger partial charge on any atom is 0.409 e. The summed E-state index contributed by atoms with van der Waals surface area (Å²) in [7, 11) is 0. The van der Waals surface area contributed by atoms with Crippen LogP contribution in [0.2, 0.25) is 0 Å². The molecule has 0 aromatic carbocycles. The smallest absolute Gasteiger partial charge is 0.409 e. The van der Waals surface area contributed by atoms with Crippen LogP contribution in [0.1, 0.15) is 61.8 Å². The summed E-state index contributed by atoms with van der Waals surface area (Å²) >= 11 is 0. The lowest BCUT2D eigenvalue weighted by atomic mass is 9.81. The molecule has 4 saturated heterocycles. The van der Waals surface area contributed by atoms with Crippen LogP contribution < -0.4 is 10.6 Å². The van der Waals surface area contributed by atoms with E-state index in [9.17, 15) is 14.4 Å². The zero-order valence-electron chi connectivity index (χ0n) is 21.8. The lowest BCUT2D eigenvalue weighted by Gasteiger charge is -2.56. The van der Waals surface area contributed by atoms with Crippen molar-refractivity contribution in [3.05, 3.63) is 0 Å². The number of alkyl carbamates (subject to hydrolysis) is 2. The molecule has 12 nitrogen and oxygen atoms in total. The monoisotopic (exact) mass is 502 g/mol. The highest BCUT2D eigenvalue weighted by molar-refractivity contribution is 5.72. The molecule has 0 spiro atoms. The highest BCUT2D eigenvalue weighted by Crippen LogP contribution is 2.48. The lowest BCUT2D eigenvalue weighted by molar-refractivity contribution is -0.335. The maximum atomic E-state index is 12.5. The van der Waals surface area contributed by atoms with Crippen molar-refractivity contribution in [2.75, 3.05) is 26.4 Å². The molecule has 0 radical (unpaired) electrons. The topological polar surface area (TPSA) is 140 Å². The summed E-state index contributed by atoms with van der Waals surface area (Å²) in [5, 5.41) is 5.40. The van der Waals surface area contributed by atoms with Gasteiger partial charge < -0.3 is 38.5 Å². The summed E-state index contributed by atoms with van der Waals surface area (Å²) in [5.74, 6) is -1.46. The fourth-order valence-corrected chi connectivity index (χ4v) is 4.11. The second-order valence-corrected chi connectivity index (χ2v) is 11.5. The fraction of sp³-hybridized carbons (Fsp3) is 0.870. The quantitative estimate of drug-likeness (QED) is 0.409. The molecule has 4 atom stereocenters. The first-order valence-electron chi connectivity index (χ1n) is 11.7. The van der Waals surface area contributed by atoms with Gasteiger partial charge in [-0.05, 0) is 55.4 Å². The number of hydrogen-bond donors (Lipinski definition) is 2. The Morgan fingerprint density at radius 3 is 2.09 bits per heavy atom. The SMILES string of the molecule is CC(C)(C)OC(=O)CCOC(=O)NC12COC(CNC(=O)OC(C)(C)C)(CO1)C1OC(C)(C)OC12. The molecule has 4 aliphatic heterocycles. The van der Waals surface area contributed by atoms with Crippen molar-refractivity contribution in [2.45, 2.75) is 102 Å². The first kappa shape index (κ1) is 27.4. The van der Waals surface area contributed by atoms with Crippen LogP contribution in [0.15, 0.2) is 0 Å². The minimum atomic E-state index is -1.37. The number of amides is 2. The van der Waals surface area contributed by atoms with E-state index >= 15 is 0 Å². The predicted octanol–water partition coefficient (Wildman–Crippen LogP) is 1.98. The van der Waals surface area contributed by atoms with Gasteiger partial charge in [0.1, 0.15) is 35.6 Å². The molecule has 2 N–H and O–H groups in total. The van der Waals surface area contributed by atoms with Crippen LogP contribution in [-0.2, 0) is 38.0 Å². The van der Waals surface area contributed by atoms with E-state index in [1.165, 1.54) is 0 Å². The molecule has 4 fully saturated rings. The Hall–Kier alpha value is -2.15. The molecule has 12 heteroatoms. The Morgan fingerprint density at radius 2 is 1.51 bits per heavy atom. The Labute approximate surface area is 205 Å². The van der Waals surface area contributed by atoms with Gasteiger partial charge in [-0.2, -0.15) is 0 Å². The van der Waals surface area contributed by atoms with Gasteiger partial charge >= 0.3 is 18.2 Å². The van der Waals surface area contributed by atoms with Gasteiger partial charge in [0.15, 0.2) is 11.5 Å². The lowest BCUT2D eigenvalue weighted by Crippen LogP contribution is -2.80. The Morgan fingerprint density at radius 1 is 0.886 bits per heavy atom. The molecular weight excluding hydrogens is 464 g/mol. The predicted molar refractivity (Wildman–Crippen MR) is 120 cm³/mol. The van der Waals surface area contributed by atoms with Crippen molar-refractivity contribution < 1.29 is 47.5 Å². The van der Waals surface area contributed by atoms with Gasteiger partial charge in [0, 0.05) is 0 Å². The zero-order chi connectivity index (χ0) is 26.3. The van der Waals surface area contributed by atoms with Crippen molar-refractivity contribution in [1.82, 2.24) is 10.6 Å². The van der Waals surface area contributed by atoms with Crippen LogP contribution in [-0.4, -0.2) is 85.0 Å². The van der Waals surface area contributed by atoms with Crippen LogP contribution in [0.3, 0.4) is 0 Å². The summed E-state index contributed by atoms with van der Waals surface area (Å²) in [4.78, 5) is 36.6. The third-order valence-electron chi connectivity index (χ3n) is 5.43. The van der Waals surface area contributed by atoms with E-state index in [4.69, 9.17) is 33.2 Å². The normalized spacial score (nSPS) is 31.3. The first-order chi connectivity index (χ1) is 15.9. The molecule has 4 aliphatic rings. The Kier molecular flexibility index (Phi) is 7.35. The molecule has 0 aromatic rings. The van der Waals surface area contributed by atoms with Crippen LogP contribution in [0.25, 0.3) is 0 Å². The number of carbonyl (C=O) groups excluding carboxylic acids is 3.